The number of rotatable bonds is 3. The average molecular weight is 242 g/mol. The first kappa shape index (κ1) is 12.7. The van der Waals surface area contributed by atoms with Crippen molar-refractivity contribution < 1.29 is 0 Å². The van der Waals surface area contributed by atoms with Crippen molar-refractivity contribution in [3.63, 3.8) is 0 Å². The quantitative estimate of drug-likeness (QED) is 0.818. The molecule has 2 atom stereocenters. The van der Waals surface area contributed by atoms with Crippen LogP contribution in [0.3, 0.4) is 0 Å². The molecule has 0 radical (unpaired) electrons. The lowest BCUT2D eigenvalue weighted by Gasteiger charge is -2.36. The normalized spacial score (nSPS) is 33.2. The van der Waals surface area contributed by atoms with E-state index in [4.69, 9.17) is 0 Å². The Bertz CT molecular complexity index is 202. The van der Waals surface area contributed by atoms with Crippen LogP contribution in [0.4, 0.5) is 0 Å². The second-order valence-corrected chi connectivity index (χ2v) is 6.76. The number of nitrogens with one attached hydrogen (secondary N) is 1. The first-order chi connectivity index (χ1) is 7.75. The minimum atomic E-state index is 0.786. The molecular formula is C13H26N2S. The molecule has 1 saturated heterocycles. The van der Waals surface area contributed by atoms with Gasteiger partial charge < -0.3 is 10.2 Å². The van der Waals surface area contributed by atoms with Crippen LogP contribution >= 0.6 is 11.8 Å². The van der Waals surface area contributed by atoms with Gasteiger partial charge in [-0.3, -0.25) is 0 Å². The summed E-state index contributed by atoms with van der Waals surface area (Å²) in [5.41, 5.74) is 0. The van der Waals surface area contributed by atoms with Crippen LogP contribution in [0.5, 0.6) is 0 Å². The molecule has 0 bridgehead atoms. The second kappa shape index (κ2) is 6.27. The predicted molar refractivity (Wildman–Crippen MR) is 73.2 cm³/mol. The Morgan fingerprint density at radius 2 is 1.75 bits per heavy atom. The molecule has 2 aliphatic rings. The molecule has 2 rings (SSSR count). The lowest BCUT2D eigenvalue weighted by Crippen LogP contribution is -2.46. The summed E-state index contributed by atoms with van der Waals surface area (Å²) >= 11 is 2.12. The first-order valence-electron chi connectivity index (χ1n) is 6.76. The van der Waals surface area contributed by atoms with Gasteiger partial charge >= 0.3 is 0 Å². The standard InChI is InChI=1S/C13H26N2S/c1-15(2)13-5-3-4-12(10-13)14-11-6-8-16-9-7-11/h11-14H,3-10H2,1-2H3. The number of nitrogens with zero attached hydrogens (tertiary/aromatic N) is 1. The van der Waals surface area contributed by atoms with Gasteiger partial charge in [0.25, 0.3) is 0 Å². The molecule has 1 aliphatic carbocycles. The Labute approximate surface area is 105 Å². The van der Waals surface area contributed by atoms with E-state index in [2.05, 4.69) is 36.1 Å². The third-order valence-electron chi connectivity index (χ3n) is 4.07. The van der Waals surface area contributed by atoms with Crippen molar-refractivity contribution >= 4 is 11.8 Å². The van der Waals surface area contributed by atoms with Gasteiger partial charge in [0.05, 0.1) is 0 Å². The Balaban J connectivity index is 1.75. The van der Waals surface area contributed by atoms with E-state index in [-0.39, 0.29) is 0 Å². The summed E-state index contributed by atoms with van der Waals surface area (Å²) < 4.78 is 0. The van der Waals surface area contributed by atoms with E-state index in [0.29, 0.717) is 0 Å². The van der Waals surface area contributed by atoms with Crippen LogP contribution in [0.25, 0.3) is 0 Å². The SMILES string of the molecule is CN(C)C1CCCC(NC2CCSCC2)C1. The monoisotopic (exact) mass is 242 g/mol. The minimum absolute atomic E-state index is 0.786. The van der Waals surface area contributed by atoms with Gasteiger partial charge in [-0.05, 0) is 57.7 Å². The summed E-state index contributed by atoms with van der Waals surface area (Å²) in [6.45, 7) is 0. The Morgan fingerprint density at radius 3 is 2.44 bits per heavy atom. The Hall–Kier alpha value is 0.270. The van der Waals surface area contributed by atoms with E-state index in [1.165, 1.54) is 50.0 Å². The average Bonchev–Trinajstić information content (AvgIpc) is 2.30. The molecule has 1 N–H and O–H groups in total. The summed E-state index contributed by atoms with van der Waals surface area (Å²) in [7, 11) is 4.45. The van der Waals surface area contributed by atoms with Gasteiger partial charge in [0.1, 0.15) is 0 Å². The largest absolute Gasteiger partial charge is 0.311 e. The van der Waals surface area contributed by atoms with Gasteiger partial charge in [-0.25, -0.2) is 0 Å². The number of hydrogen-bond donors (Lipinski definition) is 1. The maximum Gasteiger partial charge on any atom is 0.0104 e. The summed E-state index contributed by atoms with van der Waals surface area (Å²) in [5, 5.41) is 3.90. The van der Waals surface area contributed by atoms with E-state index in [1.807, 2.05) is 0 Å². The molecule has 2 unspecified atom stereocenters. The minimum Gasteiger partial charge on any atom is -0.311 e. The van der Waals surface area contributed by atoms with E-state index < -0.39 is 0 Å². The molecule has 0 spiro atoms. The third-order valence-corrected chi connectivity index (χ3v) is 5.12. The zero-order chi connectivity index (χ0) is 11.4. The van der Waals surface area contributed by atoms with Crippen LogP contribution in [-0.2, 0) is 0 Å². The molecule has 2 fully saturated rings. The highest BCUT2D eigenvalue weighted by molar-refractivity contribution is 7.99. The highest BCUT2D eigenvalue weighted by atomic mass is 32.2. The fourth-order valence-electron chi connectivity index (χ4n) is 2.98. The van der Waals surface area contributed by atoms with E-state index in [9.17, 15) is 0 Å². The lowest BCUT2D eigenvalue weighted by atomic mass is 9.89. The van der Waals surface area contributed by atoms with E-state index in [1.54, 1.807) is 0 Å². The number of thioether (sulfide) groups is 1. The summed E-state index contributed by atoms with van der Waals surface area (Å²) in [4.78, 5) is 2.41. The van der Waals surface area contributed by atoms with Gasteiger partial charge in [0.15, 0.2) is 0 Å². The molecular weight excluding hydrogens is 216 g/mol. The van der Waals surface area contributed by atoms with Crippen molar-refractivity contribution in [3.05, 3.63) is 0 Å². The smallest absolute Gasteiger partial charge is 0.0104 e. The topological polar surface area (TPSA) is 15.3 Å². The fourth-order valence-corrected chi connectivity index (χ4v) is 4.09. The number of hydrogen-bond acceptors (Lipinski definition) is 3. The molecule has 0 amide bonds. The van der Waals surface area contributed by atoms with Crippen LogP contribution < -0.4 is 5.32 Å². The summed E-state index contributed by atoms with van der Waals surface area (Å²) in [6, 6.07) is 2.41. The molecule has 94 valence electrons. The highest BCUT2D eigenvalue weighted by Gasteiger charge is 2.25. The van der Waals surface area contributed by atoms with Crippen LogP contribution in [0, 0.1) is 0 Å². The molecule has 1 saturated carbocycles. The van der Waals surface area contributed by atoms with Crippen molar-refractivity contribution in [1.82, 2.24) is 10.2 Å². The maximum absolute atomic E-state index is 3.90. The fraction of sp³-hybridized carbons (Fsp3) is 1.00. The van der Waals surface area contributed by atoms with Crippen molar-refractivity contribution in [3.8, 4) is 0 Å². The van der Waals surface area contributed by atoms with Gasteiger partial charge in [0.2, 0.25) is 0 Å². The molecule has 1 aliphatic heterocycles. The zero-order valence-electron chi connectivity index (χ0n) is 10.7. The van der Waals surface area contributed by atoms with Gasteiger partial charge in [-0.15, -0.1) is 0 Å². The molecule has 0 aromatic rings. The van der Waals surface area contributed by atoms with Crippen molar-refractivity contribution in [2.75, 3.05) is 25.6 Å². The maximum atomic E-state index is 3.90. The van der Waals surface area contributed by atoms with Crippen molar-refractivity contribution in [1.29, 1.82) is 0 Å². The first-order valence-corrected chi connectivity index (χ1v) is 7.91. The zero-order valence-corrected chi connectivity index (χ0v) is 11.6. The van der Waals surface area contributed by atoms with Gasteiger partial charge in [-0.1, -0.05) is 6.42 Å². The second-order valence-electron chi connectivity index (χ2n) is 5.53. The lowest BCUT2D eigenvalue weighted by molar-refractivity contribution is 0.190. The van der Waals surface area contributed by atoms with Crippen LogP contribution in [0.15, 0.2) is 0 Å². The van der Waals surface area contributed by atoms with E-state index in [0.717, 1.165) is 18.1 Å². The molecule has 0 aromatic heterocycles. The summed E-state index contributed by atoms with van der Waals surface area (Å²) in [5.74, 6) is 2.73. The molecule has 16 heavy (non-hydrogen) atoms. The van der Waals surface area contributed by atoms with E-state index >= 15 is 0 Å². The molecule has 0 aromatic carbocycles. The van der Waals surface area contributed by atoms with Gasteiger partial charge in [0, 0.05) is 18.1 Å². The van der Waals surface area contributed by atoms with Crippen molar-refractivity contribution in [2.24, 2.45) is 0 Å². The molecule has 1 heterocycles. The van der Waals surface area contributed by atoms with Crippen LogP contribution in [0.2, 0.25) is 0 Å². The Morgan fingerprint density at radius 1 is 1.00 bits per heavy atom. The van der Waals surface area contributed by atoms with Gasteiger partial charge in [-0.2, -0.15) is 11.8 Å². The Kier molecular flexibility index (Phi) is 4.98. The van der Waals surface area contributed by atoms with Crippen LogP contribution in [-0.4, -0.2) is 48.6 Å². The van der Waals surface area contributed by atoms with Crippen LogP contribution in [0.1, 0.15) is 38.5 Å². The molecule has 3 heteroatoms. The van der Waals surface area contributed by atoms with Crippen molar-refractivity contribution in [2.45, 2.75) is 56.7 Å². The predicted octanol–water partition coefficient (Wildman–Crippen LogP) is 2.34. The third kappa shape index (κ3) is 3.64. The highest BCUT2D eigenvalue weighted by Crippen LogP contribution is 2.24. The molecule has 2 nitrogen and oxygen atoms in total. The summed E-state index contributed by atoms with van der Waals surface area (Å²) in [6.07, 6.45) is 8.32.